The molecule has 1 heterocycles. The second-order valence-electron chi connectivity index (χ2n) is 7.59. The summed E-state index contributed by atoms with van der Waals surface area (Å²) in [6, 6.07) is 21.0. The van der Waals surface area contributed by atoms with E-state index in [-0.39, 0.29) is 18.4 Å². The molecule has 0 aliphatic carbocycles. The lowest BCUT2D eigenvalue weighted by Crippen LogP contribution is -2.37. The lowest BCUT2D eigenvalue weighted by atomic mass is 9.97. The van der Waals surface area contributed by atoms with Crippen molar-refractivity contribution >= 4 is 33.4 Å². The second-order valence-corrected chi connectivity index (χ2v) is 8.50. The van der Waals surface area contributed by atoms with Crippen LogP contribution < -0.4 is 10.1 Å². The lowest BCUT2D eigenvalue weighted by molar-refractivity contribution is -0.118. The quantitative estimate of drug-likeness (QED) is 0.543. The number of nitrogens with zero attached hydrogens (tertiary/aromatic N) is 1. The Hall–Kier alpha value is -3.12. The molecule has 0 fully saturated rings. The van der Waals surface area contributed by atoms with Crippen molar-refractivity contribution in [3.05, 3.63) is 93.5 Å². The van der Waals surface area contributed by atoms with Crippen molar-refractivity contribution in [3.8, 4) is 5.75 Å². The Morgan fingerprint density at radius 3 is 2.55 bits per heavy atom. The first kappa shape index (κ1) is 21.1. The van der Waals surface area contributed by atoms with Crippen LogP contribution in [0.1, 0.15) is 27.0 Å². The molecule has 0 bridgehead atoms. The van der Waals surface area contributed by atoms with Gasteiger partial charge in [0.05, 0.1) is 0 Å². The third kappa shape index (κ3) is 5.14. The number of halogens is 1. The van der Waals surface area contributed by atoms with Gasteiger partial charge in [-0.25, -0.2) is 0 Å². The van der Waals surface area contributed by atoms with E-state index in [0.29, 0.717) is 30.8 Å². The molecule has 3 aromatic rings. The molecule has 0 spiro atoms. The predicted octanol–water partition coefficient (Wildman–Crippen LogP) is 4.97. The summed E-state index contributed by atoms with van der Waals surface area (Å²) in [7, 11) is 0. The van der Waals surface area contributed by atoms with E-state index in [9.17, 15) is 9.59 Å². The van der Waals surface area contributed by atoms with Gasteiger partial charge in [-0.15, -0.1) is 0 Å². The Labute approximate surface area is 190 Å². The summed E-state index contributed by atoms with van der Waals surface area (Å²) in [5, 5.41) is 2.82. The van der Waals surface area contributed by atoms with E-state index in [1.807, 2.05) is 72.5 Å². The van der Waals surface area contributed by atoms with Crippen molar-refractivity contribution in [2.45, 2.75) is 19.9 Å². The van der Waals surface area contributed by atoms with Crippen molar-refractivity contribution in [3.63, 3.8) is 0 Å². The number of rotatable bonds is 6. The molecule has 2 amide bonds. The minimum absolute atomic E-state index is 0.0151. The maximum Gasteiger partial charge on any atom is 0.262 e. The van der Waals surface area contributed by atoms with E-state index in [2.05, 4.69) is 21.2 Å². The number of carbonyl (C=O) groups excluding carboxylic acids is 2. The third-order valence-electron chi connectivity index (χ3n) is 5.26. The molecular weight excluding hydrogens is 456 g/mol. The van der Waals surface area contributed by atoms with Crippen molar-refractivity contribution in [2.24, 2.45) is 0 Å². The molecule has 158 valence electrons. The van der Waals surface area contributed by atoms with Gasteiger partial charge < -0.3 is 15.0 Å². The highest BCUT2D eigenvalue weighted by Gasteiger charge is 2.26. The SMILES string of the molecule is Cc1ccc(NC(=O)COc2cccc3c2CCN(Cc2ccc(Br)cc2)C3=O)cc1. The van der Waals surface area contributed by atoms with Gasteiger partial charge in [-0.3, -0.25) is 9.59 Å². The van der Waals surface area contributed by atoms with E-state index in [0.717, 1.165) is 26.9 Å². The van der Waals surface area contributed by atoms with E-state index in [4.69, 9.17) is 4.74 Å². The summed E-state index contributed by atoms with van der Waals surface area (Å²) in [5.41, 5.74) is 4.44. The molecule has 1 aliphatic rings. The van der Waals surface area contributed by atoms with Gasteiger partial charge in [-0.05, 0) is 55.3 Å². The molecule has 1 aliphatic heterocycles. The molecule has 31 heavy (non-hydrogen) atoms. The molecule has 0 unspecified atom stereocenters. The molecule has 4 rings (SSSR count). The van der Waals surface area contributed by atoms with Crippen molar-refractivity contribution in [2.75, 3.05) is 18.5 Å². The lowest BCUT2D eigenvalue weighted by Gasteiger charge is -2.29. The van der Waals surface area contributed by atoms with Crippen molar-refractivity contribution < 1.29 is 14.3 Å². The zero-order valence-corrected chi connectivity index (χ0v) is 18.8. The average molecular weight is 479 g/mol. The molecule has 6 heteroatoms. The Morgan fingerprint density at radius 1 is 1.06 bits per heavy atom. The van der Waals surface area contributed by atoms with Crippen LogP contribution in [0.5, 0.6) is 5.75 Å². The van der Waals surface area contributed by atoms with E-state index < -0.39 is 0 Å². The smallest absolute Gasteiger partial charge is 0.262 e. The van der Waals surface area contributed by atoms with Crippen LogP contribution in [0.3, 0.4) is 0 Å². The fourth-order valence-electron chi connectivity index (χ4n) is 3.62. The van der Waals surface area contributed by atoms with E-state index in [1.165, 1.54) is 0 Å². The summed E-state index contributed by atoms with van der Waals surface area (Å²) in [5.74, 6) is 0.340. The highest BCUT2D eigenvalue weighted by molar-refractivity contribution is 9.10. The maximum atomic E-state index is 13.0. The fraction of sp³-hybridized carbons (Fsp3) is 0.200. The monoisotopic (exact) mass is 478 g/mol. The Morgan fingerprint density at radius 2 is 1.81 bits per heavy atom. The molecule has 0 saturated carbocycles. The van der Waals surface area contributed by atoms with Gasteiger partial charge in [0.25, 0.3) is 11.8 Å². The molecule has 0 aromatic heterocycles. The number of nitrogens with one attached hydrogen (secondary N) is 1. The van der Waals surface area contributed by atoms with Gasteiger partial charge in [0.2, 0.25) is 0 Å². The fourth-order valence-corrected chi connectivity index (χ4v) is 3.88. The number of carbonyl (C=O) groups is 2. The van der Waals surface area contributed by atoms with Crippen molar-refractivity contribution in [1.82, 2.24) is 4.90 Å². The zero-order valence-electron chi connectivity index (χ0n) is 17.2. The summed E-state index contributed by atoms with van der Waals surface area (Å²) >= 11 is 3.43. The predicted molar refractivity (Wildman–Crippen MR) is 124 cm³/mol. The second kappa shape index (κ2) is 9.35. The number of benzene rings is 3. The number of fused-ring (bicyclic) bond motifs is 1. The Bertz CT molecular complexity index is 1090. The molecular formula is C25H23BrN2O3. The highest BCUT2D eigenvalue weighted by Crippen LogP contribution is 2.29. The first-order valence-corrected chi connectivity index (χ1v) is 10.9. The summed E-state index contributed by atoms with van der Waals surface area (Å²) < 4.78 is 6.80. The van der Waals surface area contributed by atoms with Crippen molar-refractivity contribution in [1.29, 1.82) is 0 Å². The molecule has 3 aromatic carbocycles. The van der Waals surface area contributed by atoms with Gasteiger partial charge in [0.1, 0.15) is 5.75 Å². The Kier molecular flexibility index (Phi) is 6.37. The van der Waals surface area contributed by atoms with Crippen LogP contribution in [0.4, 0.5) is 5.69 Å². The Balaban J connectivity index is 1.41. The maximum absolute atomic E-state index is 13.0. The average Bonchev–Trinajstić information content (AvgIpc) is 2.77. The summed E-state index contributed by atoms with van der Waals surface area (Å²) in [4.78, 5) is 27.1. The number of ether oxygens (including phenoxy) is 1. The van der Waals surface area contributed by atoms with Crippen LogP contribution in [-0.4, -0.2) is 29.9 Å². The zero-order chi connectivity index (χ0) is 21.8. The standard InChI is InChI=1S/C25H23BrN2O3/c1-17-5-11-20(12-6-17)27-24(29)16-31-23-4-2-3-22-21(23)13-14-28(25(22)30)15-18-7-9-19(26)10-8-18/h2-12H,13-16H2,1H3,(H,27,29). The first-order valence-electron chi connectivity index (χ1n) is 10.1. The number of aryl methyl sites for hydroxylation is 1. The normalized spacial score (nSPS) is 13.0. The molecule has 1 N–H and O–H groups in total. The molecule has 0 radical (unpaired) electrons. The van der Waals surface area contributed by atoms with Gasteiger partial charge >= 0.3 is 0 Å². The third-order valence-corrected chi connectivity index (χ3v) is 5.79. The highest BCUT2D eigenvalue weighted by atomic mass is 79.9. The van der Waals surface area contributed by atoms with Crippen LogP contribution in [0.2, 0.25) is 0 Å². The van der Waals surface area contributed by atoms with Gasteiger partial charge in [-0.1, -0.05) is 51.8 Å². The van der Waals surface area contributed by atoms with Gasteiger partial charge in [0, 0.05) is 34.4 Å². The van der Waals surface area contributed by atoms with Gasteiger partial charge in [-0.2, -0.15) is 0 Å². The van der Waals surface area contributed by atoms with Crippen LogP contribution in [0.25, 0.3) is 0 Å². The summed E-state index contributed by atoms with van der Waals surface area (Å²) in [6.45, 7) is 3.06. The number of hydrogen-bond acceptors (Lipinski definition) is 3. The van der Waals surface area contributed by atoms with Crippen LogP contribution >= 0.6 is 15.9 Å². The molecule has 5 nitrogen and oxygen atoms in total. The minimum atomic E-state index is -0.236. The van der Waals surface area contributed by atoms with E-state index in [1.54, 1.807) is 6.07 Å². The van der Waals surface area contributed by atoms with Crippen LogP contribution in [0.15, 0.2) is 71.2 Å². The van der Waals surface area contributed by atoms with Crippen LogP contribution in [-0.2, 0) is 17.8 Å². The number of anilines is 1. The molecule has 0 atom stereocenters. The molecule has 0 saturated heterocycles. The van der Waals surface area contributed by atoms with E-state index >= 15 is 0 Å². The number of amides is 2. The first-order chi connectivity index (χ1) is 15.0. The topological polar surface area (TPSA) is 58.6 Å². The van der Waals surface area contributed by atoms with Gasteiger partial charge in [0.15, 0.2) is 6.61 Å². The number of hydrogen-bond donors (Lipinski definition) is 1. The minimum Gasteiger partial charge on any atom is -0.483 e. The summed E-state index contributed by atoms with van der Waals surface area (Å²) in [6.07, 6.45) is 0.688. The largest absolute Gasteiger partial charge is 0.483 e. The van der Waals surface area contributed by atoms with Crippen LogP contribution in [0, 0.1) is 6.92 Å².